The Kier molecular flexibility index (Phi) is 3.17. The summed E-state index contributed by atoms with van der Waals surface area (Å²) >= 11 is 3.81. The van der Waals surface area contributed by atoms with Crippen molar-refractivity contribution in [2.24, 2.45) is 29.6 Å². The third kappa shape index (κ3) is 2.04. The average Bonchev–Trinajstić information content (AvgIpc) is 2.40. The molecule has 4 aliphatic rings. The van der Waals surface area contributed by atoms with Crippen molar-refractivity contribution in [3.63, 3.8) is 0 Å². The Bertz CT molecular complexity index is 500. The summed E-state index contributed by atoms with van der Waals surface area (Å²) in [5, 5.41) is 0. The number of hydrogen-bond acceptors (Lipinski definition) is 0. The summed E-state index contributed by atoms with van der Waals surface area (Å²) in [6.07, 6.45) is 6.84. The molecule has 108 valence electrons. The standard InChI is InChI=1S/C17H19BrF2/c18-17(11-1-2-14(19)15(20)8-11)16-12-4-9-3-10(6-12)7-13(16)5-9/h1-2,8-10,12-13,16-17H,3-7H2. The van der Waals surface area contributed by atoms with Gasteiger partial charge >= 0.3 is 0 Å². The van der Waals surface area contributed by atoms with Crippen LogP contribution in [0.5, 0.6) is 0 Å². The Labute approximate surface area is 127 Å². The van der Waals surface area contributed by atoms with Crippen LogP contribution < -0.4 is 0 Å². The van der Waals surface area contributed by atoms with Crippen LogP contribution in [0.2, 0.25) is 0 Å². The second-order valence-electron chi connectivity index (χ2n) is 7.08. The summed E-state index contributed by atoms with van der Waals surface area (Å²) in [6, 6.07) is 4.37. The highest BCUT2D eigenvalue weighted by molar-refractivity contribution is 9.09. The Balaban J connectivity index is 1.62. The molecule has 0 nitrogen and oxygen atoms in total. The number of benzene rings is 1. The fraction of sp³-hybridized carbons (Fsp3) is 0.647. The molecule has 3 heteroatoms. The third-order valence-electron chi connectivity index (χ3n) is 5.90. The molecule has 5 rings (SSSR count). The lowest BCUT2D eigenvalue weighted by Crippen LogP contribution is -2.46. The van der Waals surface area contributed by atoms with Crippen LogP contribution >= 0.6 is 15.9 Å². The molecule has 4 aliphatic carbocycles. The molecule has 0 radical (unpaired) electrons. The first-order chi connectivity index (χ1) is 9.61. The Morgan fingerprint density at radius 3 is 2.05 bits per heavy atom. The molecular weight excluding hydrogens is 322 g/mol. The first-order valence-corrected chi connectivity index (χ1v) is 8.62. The molecule has 0 spiro atoms. The van der Waals surface area contributed by atoms with Gasteiger partial charge in [-0.1, -0.05) is 22.0 Å². The summed E-state index contributed by atoms with van der Waals surface area (Å²) in [4.78, 5) is 0.174. The van der Waals surface area contributed by atoms with Crippen LogP contribution in [0.1, 0.15) is 42.5 Å². The fourth-order valence-electron chi connectivity index (χ4n) is 5.35. The molecule has 4 saturated carbocycles. The van der Waals surface area contributed by atoms with E-state index in [4.69, 9.17) is 0 Å². The van der Waals surface area contributed by atoms with Gasteiger partial charge in [0.25, 0.3) is 0 Å². The Hall–Kier alpha value is -0.440. The molecule has 0 aliphatic heterocycles. The highest BCUT2D eigenvalue weighted by atomic mass is 79.9. The monoisotopic (exact) mass is 340 g/mol. The Morgan fingerprint density at radius 2 is 1.50 bits per heavy atom. The lowest BCUT2D eigenvalue weighted by Gasteiger charge is -2.55. The van der Waals surface area contributed by atoms with E-state index in [1.165, 1.54) is 44.2 Å². The van der Waals surface area contributed by atoms with E-state index >= 15 is 0 Å². The molecule has 0 N–H and O–H groups in total. The molecule has 4 bridgehead atoms. The van der Waals surface area contributed by atoms with E-state index in [-0.39, 0.29) is 4.83 Å². The van der Waals surface area contributed by atoms with Gasteiger partial charge in [0.2, 0.25) is 0 Å². The molecule has 0 saturated heterocycles. The fourth-order valence-corrected chi connectivity index (χ4v) is 6.50. The minimum absolute atomic E-state index is 0.174. The molecule has 1 atom stereocenters. The maximum Gasteiger partial charge on any atom is 0.159 e. The van der Waals surface area contributed by atoms with Crippen molar-refractivity contribution < 1.29 is 8.78 Å². The third-order valence-corrected chi connectivity index (χ3v) is 7.04. The second kappa shape index (κ2) is 4.79. The molecule has 20 heavy (non-hydrogen) atoms. The van der Waals surface area contributed by atoms with Crippen LogP contribution in [-0.4, -0.2) is 0 Å². The molecule has 1 aromatic rings. The minimum Gasteiger partial charge on any atom is -0.204 e. The van der Waals surface area contributed by atoms with Crippen molar-refractivity contribution >= 4 is 15.9 Å². The van der Waals surface area contributed by atoms with Crippen LogP contribution in [0.25, 0.3) is 0 Å². The molecule has 1 aromatic carbocycles. The van der Waals surface area contributed by atoms with E-state index < -0.39 is 11.6 Å². The predicted octanol–water partition coefficient (Wildman–Crippen LogP) is 5.47. The van der Waals surface area contributed by atoms with Crippen molar-refractivity contribution in [2.45, 2.75) is 36.9 Å². The van der Waals surface area contributed by atoms with E-state index in [9.17, 15) is 8.78 Å². The van der Waals surface area contributed by atoms with Gasteiger partial charge < -0.3 is 0 Å². The summed E-state index contributed by atoms with van der Waals surface area (Å²) in [5.41, 5.74) is 0.904. The summed E-state index contributed by atoms with van der Waals surface area (Å²) < 4.78 is 26.6. The number of alkyl halides is 1. The second-order valence-corrected chi connectivity index (χ2v) is 8.07. The van der Waals surface area contributed by atoms with Crippen molar-refractivity contribution in [3.05, 3.63) is 35.4 Å². The largest absolute Gasteiger partial charge is 0.204 e. The number of halogens is 3. The smallest absolute Gasteiger partial charge is 0.159 e. The van der Waals surface area contributed by atoms with Crippen LogP contribution in [0, 0.1) is 41.2 Å². The van der Waals surface area contributed by atoms with Gasteiger partial charge in [0.15, 0.2) is 11.6 Å². The average molecular weight is 341 g/mol. The molecule has 0 amide bonds. The molecule has 0 aromatic heterocycles. The Morgan fingerprint density at radius 1 is 0.900 bits per heavy atom. The van der Waals surface area contributed by atoms with Gasteiger partial charge in [-0.3, -0.25) is 0 Å². The molecule has 4 fully saturated rings. The summed E-state index contributed by atoms with van der Waals surface area (Å²) in [6.45, 7) is 0. The molecule has 1 unspecified atom stereocenters. The maximum absolute atomic E-state index is 13.5. The molecule has 0 heterocycles. The van der Waals surface area contributed by atoms with Crippen molar-refractivity contribution in [1.29, 1.82) is 0 Å². The van der Waals surface area contributed by atoms with E-state index in [1.54, 1.807) is 6.07 Å². The predicted molar refractivity (Wildman–Crippen MR) is 78.6 cm³/mol. The lowest BCUT2D eigenvalue weighted by molar-refractivity contribution is -0.0365. The van der Waals surface area contributed by atoms with Gasteiger partial charge in [0.1, 0.15) is 0 Å². The zero-order chi connectivity index (χ0) is 13.9. The van der Waals surface area contributed by atoms with Gasteiger partial charge in [0, 0.05) is 4.83 Å². The van der Waals surface area contributed by atoms with Crippen LogP contribution in [0.15, 0.2) is 18.2 Å². The van der Waals surface area contributed by atoms with Crippen LogP contribution in [0.4, 0.5) is 8.78 Å². The van der Waals surface area contributed by atoms with Gasteiger partial charge in [0.05, 0.1) is 0 Å². The number of hydrogen-bond donors (Lipinski definition) is 0. The van der Waals surface area contributed by atoms with E-state index in [1.807, 2.05) is 0 Å². The summed E-state index contributed by atoms with van der Waals surface area (Å²) in [7, 11) is 0. The number of rotatable bonds is 2. The zero-order valence-electron chi connectivity index (χ0n) is 11.4. The van der Waals surface area contributed by atoms with E-state index in [0.29, 0.717) is 5.92 Å². The first-order valence-electron chi connectivity index (χ1n) is 7.71. The van der Waals surface area contributed by atoms with Gasteiger partial charge in [-0.05, 0) is 79.4 Å². The minimum atomic E-state index is -0.751. The summed E-state index contributed by atoms with van der Waals surface area (Å²) in [5.74, 6) is 2.58. The SMILES string of the molecule is Fc1ccc(C(Br)C2C3CC4CC(C3)CC2C4)cc1F. The van der Waals surface area contributed by atoms with Crippen LogP contribution in [-0.2, 0) is 0 Å². The lowest BCUT2D eigenvalue weighted by atomic mass is 9.51. The van der Waals surface area contributed by atoms with E-state index in [0.717, 1.165) is 29.2 Å². The highest BCUT2D eigenvalue weighted by Gasteiger charge is 2.50. The topological polar surface area (TPSA) is 0 Å². The van der Waals surface area contributed by atoms with Crippen LogP contribution in [0.3, 0.4) is 0 Å². The van der Waals surface area contributed by atoms with Gasteiger partial charge in [-0.2, -0.15) is 0 Å². The highest BCUT2D eigenvalue weighted by Crippen LogP contribution is 2.60. The molecular formula is C17H19BrF2. The van der Waals surface area contributed by atoms with Gasteiger partial charge in [-0.15, -0.1) is 0 Å². The first kappa shape index (κ1) is 13.2. The zero-order valence-corrected chi connectivity index (χ0v) is 13.0. The maximum atomic E-state index is 13.5. The van der Waals surface area contributed by atoms with Crippen molar-refractivity contribution in [2.75, 3.05) is 0 Å². The van der Waals surface area contributed by atoms with Gasteiger partial charge in [-0.25, -0.2) is 8.78 Å². The van der Waals surface area contributed by atoms with Crippen molar-refractivity contribution in [1.82, 2.24) is 0 Å². The van der Waals surface area contributed by atoms with Crippen molar-refractivity contribution in [3.8, 4) is 0 Å². The quantitative estimate of drug-likeness (QED) is 0.626. The van der Waals surface area contributed by atoms with E-state index in [2.05, 4.69) is 15.9 Å². The normalized spacial score (nSPS) is 40.0.